The van der Waals surface area contributed by atoms with Crippen molar-refractivity contribution >= 4 is 0 Å². The maximum atomic E-state index is 6.16. The first-order valence-corrected chi connectivity index (χ1v) is 7.17. The fourth-order valence-corrected chi connectivity index (χ4v) is 2.79. The molecule has 1 fully saturated rings. The lowest BCUT2D eigenvalue weighted by Gasteiger charge is -2.37. The van der Waals surface area contributed by atoms with E-state index in [0.29, 0.717) is 12.1 Å². The van der Waals surface area contributed by atoms with Crippen LogP contribution in [-0.4, -0.2) is 30.6 Å². The van der Waals surface area contributed by atoms with Gasteiger partial charge in [0, 0.05) is 6.04 Å². The van der Waals surface area contributed by atoms with E-state index in [0.717, 1.165) is 13.2 Å². The summed E-state index contributed by atoms with van der Waals surface area (Å²) in [6.45, 7) is 4.08. The third kappa shape index (κ3) is 3.56. The van der Waals surface area contributed by atoms with Crippen LogP contribution in [0.3, 0.4) is 0 Å². The van der Waals surface area contributed by atoms with E-state index in [9.17, 15) is 0 Å². The van der Waals surface area contributed by atoms with Crippen molar-refractivity contribution < 1.29 is 4.74 Å². The minimum absolute atomic E-state index is 0.406. The minimum Gasteiger partial charge on any atom is -0.372 e. The molecule has 0 saturated heterocycles. The van der Waals surface area contributed by atoms with Crippen LogP contribution in [0.25, 0.3) is 0 Å². The van der Waals surface area contributed by atoms with Gasteiger partial charge in [-0.15, -0.1) is 0 Å². The Labute approximate surface area is 111 Å². The molecule has 2 atom stereocenters. The zero-order valence-electron chi connectivity index (χ0n) is 11.6. The number of ether oxygens (including phenoxy) is 1. The van der Waals surface area contributed by atoms with Gasteiger partial charge in [-0.05, 0) is 32.0 Å². The summed E-state index contributed by atoms with van der Waals surface area (Å²) in [5.74, 6) is 0. The fraction of sp³-hybridized carbons (Fsp3) is 0.625. The van der Waals surface area contributed by atoms with E-state index >= 15 is 0 Å². The standard InChI is InChI=1S/C16H25NO/c1-3-17(2)15-11-7-8-12-16(15)18-13-14-9-5-4-6-10-14/h4-6,9-10,15-16H,3,7-8,11-13H2,1-2H3/t15-,16-/m0/s1. The Hall–Kier alpha value is -0.860. The smallest absolute Gasteiger partial charge is 0.0734 e. The average molecular weight is 247 g/mol. The van der Waals surface area contributed by atoms with Gasteiger partial charge in [-0.3, -0.25) is 0 Å². The molecule has 1 saturated carbocycles. The zero-order valence-corrected chi connectivity index (χ0v) is 11.6. The molecule has 0 spiro atoms. The molecule has 0 aliphatic heterocycles. The number of likely N-dealkylation sites (N-methyl/N-ethyl adjacent to an activating group) is 1. The first kappa shape index (κ1) is 13.6. The molecule has 100 valence electrons. The summed E-state index contributed by atoms with van der Waals surface area (Å²) in [5.41, 5.74) is 1.28. The maximum absolute atomic E-state index is 6.16. The topological polar surface area (TPSA) is 12.5 Å². The SMILES string of the molecule is CCN(C)[C@H]1CCCC[C@@H]1OCc1ccccc1. The van der Waals surface area contributed by atoms with Gasteiger partial charge >= 0.3 is 0 Å². The van der Waals surface area contributed by atoms with Crippen LogP contribution in [-0.2, 0) is 11.3 Å². The van der Waals surface area contributed by atoms with E-state index in [1.807, 2.05) is 0 Å². The Kier molecular flexibility index (Phi) is 5.21. The quantitative estimate of drug-likeness (QED) is 0.790. The van der Waals surface area contributed by atoms with Crippen LogP contribution < -0.4 is 0 Å². The summed E-state index contributed by atoms with van der Waals surface area (Å²) in [4.78, 5) is 2.44. The van der Waals surface area contributed by atoms with Crippen LogP contribution in [0, 0.1) is 0 Å². The summed E-state index contributed by atoms with van der Waals surface area (Å²) in [6, 6.07) is 11.1. The van der Waals surface area contributed by atoms with Gasteiger partial charge in [-0.25, -0.2) is 0 Å². The minimum atomic E-state index is 0.406. The van der Waals surface area contributed by atoms with Crippen molar-refractivity contribution in [2.24, 2.45) is 0 Å². The van der Waals surface area contributed by atoms with E-state index in [-0.39, 0.29) is 0 Å². The molecule has 2 rings (SSSR count). The average Bonchev–Trinajstić information content (AvgIpc) is 2.45. The predicted molar refractivity (Wildman–Crippen MR) is 75.6 cm³/mol. The highest BCUT2D eigenvalue weighted by Crippen LogP contribution is 2.25. The molecule has 1 aromatic carbocycles. The van der Waals surface area contributed by atoms with Crippen molar-refractivity contribution in [1.29, 1.82) is 0 Å². The normalized spacial score (nSPS) is 24.4. The van der Waals surface area contributed by atoms with Gasteiger partial charge in [-0.1, -0.05) is 50.1 Å². The number of benzene rings is 1. The highest BCUT2D eigenvalue weighted by atomic mass is 16.5. The second-order valence-electron chi connectivity index (χ2n) is 5.26. The van der Waals surface area contributed by atoms with Gasteiger partial charge in [0.1, 0.15) is 0 Å². The van der Waals surface area contributed by atoms with E-state index in [1.54, 1.807) is 0 Å². The highest BCUT2D eigenvalue weighted by Gasteiger charge is 2.28. The molecular weight excluding hydrogens is 222 g/mol. The number of rotatable bonds is 5. The van der Waals surface area contributed by atoms with Crippen molar-refractivity contribution in [3.63, 3.8) is 0 Å². The van der Waals surface area contributed by atoms with Crippen molar-refractivity contribution in [3.05, 3.63) is 35.9 Å². The Morgan fingerprint density at radius 2 is 1.89 bits per heavy atom. The molecule has 0 unspecified atom stereocenters. The van der Waals surface area contributed by atoms with E-state index in [2.05, 4.69) is 49.2 Å². The molecule has 1 aromatic rings. The van der Waals surface area contributed by atoms with Gasteiger partial charge in [0.25, 0.3) is 0 Å². The molecule has 2 heteroatoms. The van der Waals surface area contributed by atoms with E-state index < -0.39 is 0 Å². The zero-order chi connectivity index (χ0) is 12.8. The van der Waals surface area contributed by atoms with E-state index in [1.165, 1.54) is 31.2 Å². The first-order chi connectivity index (χ1) is 8.81. The molecule has 1 aliphatic carbocycles. The van der Waals surface area contributed by atoms with E-state index in [4.69, 9.17) is 4.74 Å². The molecular formula is C16H25NO. The molecule has 0 radical (unpaired) electrons. The molecule has 1 aliphatic rings. The first-order valence-electron chi connectivity index (χ1n) is 7.17. The molecule has 0 amide bonds. The third-order valence-electron chi connectivity index (χ3n) is 4.04. The van der Waals surface area contributed by atoms with Crippen LogP contribution in [0.2, 0.25) is 0 Å². The van der Waals surface area contributed by atoms with Crippen molar-refractivity contribution in [1.82, 2.24) is 4.90 Å². The van der Waals surface area contributed by atoms with Crippen molar-refractivity contribution in [3.8, 4) is 0 Å². The van der Waals surface area contributed by atoms with Gasteiger partial charge in [0.15, 0.2) is 0 Å². The summed E-state index contributed by atoms with van der Waals surface area (Å²) in [5, 5.41) is 0. The Bertz CT molecular complexity index is 338. The van der Waals surface area contributed by atoms with Crippen LogP contribution in [0.15, 0.2) is 30.3 Å². The molecule has 0 heterocycles. The number of nitrogens with zero attached hydrogens (tertiary/aromatic N) is 1. The van der Waals surface area contributed by atoms with Crippen LogP contribution in [0.4, 0.5) is 0 Å². The molecule has 0 aromatic heterocycles. The second-order valence-corrected chi connectivity index (χ2v) is 5.26. The predicted octanol–water partition coefficient (Wildman–Crippen LogP) is 3.47. The third-order valence-corrected chi connectivity index (χ3v) is 4.04. The van der Waals surface area contributed by atoms with Crippen LogP contribution >= 0.6 is 0 Å². The monoisotopic (exact) mass is 247 g/mol. The Morgan fingerprint density at radius 1 is 1.17 bits per heavy atom. The summed E-state index contributed by atoms with van der Waals surface area (Å²) in [6.07, 6.45) is 5.56. The lowest BCUT2D eigenvalue weighted by molar-refractivity contribution is -0.0370. The van der Waals surface area contributed by atoms with Crippen molar-refractivity contribution in [2.45, 2.75) is 51.4 Å². The molecule has 0 N–H and O–H groups in total. The van der Waals surface area contributed by atoms with Gasteiger partial charge in [0.2, 0.25) is 0 Å². The lowest BCUT2D eigenvalue weighted by Crippen LogP contribution is -2.44. The van der Waals surface area contributed by atoms with Crippen LogP contribution in [0.1, 0.15) is 38.2 Å². The summed E-state index contributed by atoms with van der Waals surface area (Å²) in [7, 11) is 2.22. The Balaban J connectivity index is 1.89. The van der Waals surface area contributed by atoms with Gasteiger partial charge in [0.05, 0.1) is 12.7 Å². The maximum Gasteiger partial charge on any atom is 0.0734 e. The highest BCUT2D eigenvalue weighted by molar-refractivity contribution is 5.13. The van der Waals surface area contributed by atoms with Gasteiger partial charge < -0.3 is 9.64 Å². The Morgan fingerprint density at radius 3 is 2.61 bits per heavy atom. The van der Waals surface area contributed by atoms with Gasteiger partial charge in [-0.2, -0.15) is 0 Å². The number of hydrogen-bond donors (Lipinski definition) is 0. The fourth-order valence-electron chi connectivity index (χ4n) is 2.79. The van der Waals surface area contributed by atoms with Crippen molar-refractivity contribution in [2.75, 3.05) is 13.6 Å². The molecule has 0 bridgehead atoms. The number of hydrogen-bond acceptors (Lipinski definition) is 2. The molecule has 2 nitrogen and oxygen atoms in total. The second kappa shape index (κ2) is 6.91. The summed E-state index contributed by atoms with van der Waals surface area (Å²) >= 11 is 0. The van der Waals surface area contributed by atoms with Crippen LogP contribution in [0.5, 0.6) is 0 Å². The lowest BCUT2D eigenvalue weighted by atomic mass is 9.91. The summed E-state index contributed by atoms with van der Waals surface area (Å²) < 4.78 is 6.16. The largest absolute Gasteiger partial charge is 0.372 e. The molecule has 18 heavy (non-hydrogen) atoms.